The van der Waals surface area contributed by atoms with E-state index in [2.05, 4.69) is 20.8 Å². The number of nitrogens with zero attached hydrogens (tertiary/aromatic N) is 2. The standard InChI is InChI=1S/C26H30FN5O3/c1-17(33)28-23-13-20(14-24(15-23)29-18(2)34)26(35)32(3)12-6-4-5-7-22-16-25(31-30-22)19-8-10-21(27)11-9-19/h8-11,13-16H,4-7,12H2,1-3H3,(H,28,33)(H,29,34)(H,30,31). The molecule has 2 aromatic carbocycles. The maximum Gasteiger partial charge on any atom is 0.253 e. The maximum absolute atomic E-state index is 13.1. The molecule has 0 saturated heterocycles. The summed E-state index contributed by atoms with van der Waals surface area (Å²) >= 11 is 0. The Morgan fingerprint density at radius 3 is 2.14 bits per heavy atom. The number of H-pyrrole nitrogens is 1. The molecule has 35 heavy (non-hydrogen) atoms. The topological polar surface area (TPSA) is 107 Å². The van der Waals surface area contributed by atoms with Crippen LogP contribution in [-0.4, -0.2) is 46.4 Å². The summed E-state index contributed by atoms with van der Waals surface area (Å²) in [6.07, 6.45) is 3.50. The van der Waals surface area contributed by atoms with Gasteiger partial charge in [-0.05, 0) is 67.8 Å². The van der Waals surface area contributed by atoms with Gasteiger partial charge in [-0.15, -0.1) is 0 Å². The Bertz CT molecular complexity index is 1160. The Balaban J connectivity index is 1.49. The fourth-order valence-electron chi connectivity index (χ4n) is 3.72. The summed E-state index contributed by atoms with van der Waals surface area (Å²) in [5.74, 6) is -1.000. The molecular formula is C26H30FN5O3. The largest absolute Gasteiger partial charge is 0.342 e. The zero-order valence-corrected chi connectivity index (χ0v) is 20.2. The molecule has 8 nitrogen and oxygen atoms in total. The van der Waals surface area contributed by atoms with E-state index in [1.165, 1.54) is 26.0 Å². The summed E-state index contributed by atoms with van der Waals surface area (Å²) in [6.45, 7) is 3.33. The molecule has 184 valence electrons. The van der Waals surface area contributed by atoms with Gasteiger partial charge in [-0.25, -0.2) is 4.39 Å². The first-order chi connectivity index (χ1) is 16.7. The van der Waals surface area contributed by atoms with Crippen LogP contribution < -0.4 is 10.6 Å². The second kappa shape index (κ2) is 11.9. The summed E-state index contributed by atoms with van der Waals surface area (Å²) in [5, 5.41) is 12.6. The number of benzene rings is 2. The van der Waals surface area contributed by atoms with Gasteiger partial charge in [0.2, 0.25) is 11.8 Å². The fourth-order valence-corrected chi connectivity index (χ4v) is 3.72. The minimum atomic E-state index is -0.276. The van der Waals surface area contributed by atoms with E-state index in [-0.39, 0.29) is 23.5 Å². The molecule has 0 aliphatic carbocycles. The highest BCUT2D eigenvalue weighted by molar-refractivity contribution is 5.99. The molecule has 9 heteroatoms. The third-order valence-corrected chi connectivity index (χ3v) is 5.38. The van der Waals surface area contributed by atoms with Crippen LogP contribution >= 0.6 is 0 Å². The molecule has 3 N–H and O–H groups in total. The third kappa shape index (κ3) is 7.77. The normalized spacial score (nSPS) is 10.6. The van der Waals surface area contributed by atoms with E-state index in [1.54, 1.807) is 42.3 Å². The molecule has 3 rings (SSSR count). The molecule has 1 heterocycles. The molecule has 3 aromatic rings. The molecule has 3 amide bonds. The van der Waals surface area contributed by atoms with E-state index in [0.717, 1.165) is 42.6 Å². The summed E-state index contributed by atoms with van der Waals surface area (Å²) in [6, 6.07) is 13.0. The lowest BCUT2D eigenvalue weighted by Gasteiger charge is -2.18. The lowest BCUT2D eigenvalue weighted by molar-refractivity contribution is -0.115. The number of aryl methyl sites for hydroxylation is 1. The number of amides is 3. The second-order valence-corrected chi connectivity index (χ2v) is 8.48. The molecule has 1 aromatic heterocycles. The number of aromatic amines is 1. The van der Waals surface area contributed by atoms with E-state index >= 15 is 0 Å². The molecule has 0 aliphatic rings. The van der Waals surface area contributed by atoms with Crippen LogP contribution in [0.1, 0.15) is 49.2 Å². The molecule has 0 fully saturated rings. The van der Waals surface area contributed by atoms with Crippen LogP contribution in [0.4, 0.5) is 15.8 Å². The fraction of sp³-hybridized carbons (Fsp3) is 0.308. The molecule has 0 radical (unpaired) electrons. The number of rotatable bonds is 10. The first-order valence-electron chi connectivity index (χ1n) is 11.5. The van der Waals surface area contributed by atoms with E-state index in [1.807, 2.05) is 6.07 Å². The van der Waals surface area contributed by atoms with Crippen molar-refractivity contribution < 1.29 is 18.8 Å². The molecular weight excluding hydrogens is 449 g/mol. The Hall–Kier alpha value is -4.01. The number of carbonyl (C=O) groups excluding carboxylic acids is 3. The SMILES string of the molecule is CC(=O)Nc1cc(NC(C)=O)cc(C(=O)N(C)CCCCCc2cc(-c3ccc(F)cc3)n[nH]2)c1. The number of carbonyl (C=O) groups is 3. The number of halogens is 1. The maximum atomic E-state index is 13.1. The average Bonchev–Trinajstić information content (AvgIpc) is 3.26. The zero-order valence-electron chi connectivity index (χ0n) is 20.2. The summed E-state index contributed by atoms with van der Waals surface area (Å²) in [4.78, 5) is 37.4. The van der Waals surface area contributed by atoms with E-state index < -0.39 is 0 Å². The van der Waals surface area contributed by atoms with Gasteiger partial charge in [-0.3, -0.25) is 19.5 Å². The van der Waals surface area contributed by atoms with Crippen molar-refractivity contribution in [2.24, 2.45) is 0 Å². The van der Waals surface area contributed by atoms with Gasteiger partial charge in [0.1, 0.15) is 5.82 Å². The molecule has 0 saturated carbocycles. The minimum Gasteiger partial charge on any atom is -0.342 e. The minimum absolute atomic E-state index is 0.193. The van der Waals surface area contributed by atoms with Crippen molar-refractivity contribution in [3.63, 3.8) is 0 Å². The molecule has 0 atom stereocenters. The number of unbranched alkanes of at least 4 members (excludes halogenated alkanes) is 2. The van der Waals surface area contributed by atoms with Crippen LogP contribution in [0.15, 0.2) is 48.5 Å². The Labute approximate surface area is 203 Å². The van der Waals surface area contributed by atoms with E-state index in [4.69, 9.17) is 0 Å². The van der Waals surface area contributed by atoms with Crippen molar-refractivity contribution in [3.05, 3.63) is 65.6 Å². The molecule has 0 spiro atoms. The first kappa shape index (κ1) is 25.6. The molecule has 0 aliphatic heterocycles. The third-order valence-electron chi connectivity index (χ3n) is 5.38. The summed E-state index contributed by atoms with van der Waals surface area (Å²) < 4.78 is 13.1. The highest BCUT2D eigenvalue weighted by Crippen LogP contribution is 2.21. The number of hydrogen-bond donors (Lipinski definition) is 3. The Morgan fingerprint density at radius 1 is 0.914 bits per heavy atom. The van der Waals surface area contributed by atoms with Crippen LogP contribution in [0.25, 0.3) is 11.3 Å². The smallest absolute Gasteiger partial charge is 0.253 e. The zero-order chi connectivity index (χ0) is 25.4. The molecule has 0 unspecified atom stereocenters. The van der Waals surface area contributed by atoms with E-state index in [9.17, 15) is 18.8 Å². The lowest BCUT2D eigenvalue weighted by atomic mass is 10.1. The van der Waals surface area contributed by atoms with E-state index in [0.29, 0.717) is 23.5 Å². The second-order valence-electron chi connectivity index (χ2n) is 8.48. The van der Waals surface area contributed by atoms with Crippen molar-refractivity contribution >= 4 is 29.1 Å². The number of aromatic nitrogens is 2. The van der Waals surface area contributed by atoms with Gasteiger partial charge in [0.05, 0.1) is 5.69 Å². The van der Waals surface area contributed by atoms with Gasteiger partial charge in [-0.1, -0.05) is 6.42 Å². The first-order valence-corrected chi connectivity index (χ1v) is 11.5. The van der Waals surface area contributed by atoms with Crippen LogP contribution in [0.5, 0.6) is 0 Å². The average molecular weight is 480 g/mol. The van der Waals surface area contributed by atoms with Gasteiger partial charge >= 0.3 is 0 Å². The van der Waals surface area contributed by atoms with Gasteiger partial charge in [-0.2, -0.15) is 5.10 Å². The van der Waals surface area contributed by atoms with Crippen LogP contribution in [0.2, 0.25) is 0 Å². The Kier molecular flexibility index (Phi) is 8.72. The lowest BCUT2D eigenvalue weighted by Crippen LogP contribution is -2.28. The van der Waals surface area contributed by atoms with Gasteiger partial charge in [0, 0.05) is 55.6 Å². The van der Waals surface area contributed by atoms with Crippen molar-refractivity contribution in [1.29, 1.82) is 0 Å². The van der Waals surface area contributed by atoms with Crippen molar-refractivity contribution in [2.75, 3.05) is 24.2 Å². The predicted octanol–water partition coefficient (Wildman–Crippen LogP) is 4.62. The van der Waals surface area contributed by atoms with Gasteiger partial charge in [0.15, 0.2) is 0 Å². The van der Waals surface area contributed by atoms with Crippen molar-refractivity contribution in [3.8, 4) is 11.3 Å². The number of anilines is 2. The van der Waals surface area contributed by atoms with Gasteiger partial charge < -0.3 is 15.5 Å². The van der Waals surface area contributed by atoms with Crippen molar-refractivity contribution in [2.45, 2.75) is 39.5 Å². The predicted molar refractivity (Wildman–Crippen MR) is 134 cm³/mol. The summed E-state index contributed by atoms with van der Waals surface area (Å²) in [5.41, 5.74) is 3.92. The van der Waals surface area contributed by atoms with Crippen LogP contribution in [0, 0.1) is 5.82 Å². The number of nitrogens with one attached hydrogen (secondary N) is 3. The molecule has 0 bridgehead atoms. The van der Waals surface area contributed by atoms with Gasteiger partial charge in [0.25, 0.3) is 5.91 Å². The van der Waals surface area contributed by atoms with Crippen LogP contribution in [-0.2, 0) is 16.0 Å². The van der Waals surface area contributed by atoms with Crippen molar-refractivity contribution in [1.82, 2.24) is 15.1 Å². The highest BCUT2D eigenvalue weighted by atomic mass is 19.1. The summed E-state index contributed by atoms with van der Waals surface area (Å²) in [7, 11) is 1.73. The number of hydrogen-bond acceptors (Lipinski definition) is 4. The quantitative estimate of drug-likeness (QED) is 0.369. The highest BCUT2D eigenvalue weighted by Gasteiger charge is 2.15. The van der Waals surface area contributed by atoms with Crippen LogP contribution in [0.3, 0.4) is 0 Å². The Morgan fingerprint density at radius 2 is 1.54 bits per heavy atom. The monoisotopic (exact) mass is 479 g/mol.